The molecule has 3 aliphatic carbocycles. The highest BCUT2D eigenvalue weighted by molar-refractivity contribution is 6.02. The summed E-state index contributed by atoms with van der Waals surface area (Å²) in [6.07, 6.45) is 28.0. The Hall–Kier alpha value is -6.58. The Morgan fingerprint density at radius 3 is 2.34 bits per heavy atom. The van der Waals surface area contributed by atoms with Crippen LogP contribution in [0.3, 0.4) is 0 Å². The summed E-state index contributed by atoms with van der Waals surface area (Å²) in [6.45, 7) is 0. The minimum Gasteiger partial charge on any atom is -0.460 e. The Morgan fingerprint density at radius 1 is 0.643 bits per heavy atom. The van der Waals surface area contributed by atoms with Gasteiger partial charge < -0.3 is 14.3 Å². The molecular formula is C53H42N2O. The molecule has 2 unspecified atom stereocenters. The highest BCUT2D eigenvalue weighted by atomic mass is 16.3. The van der Waals surface area contributed by atoms with Gasteiger partial charge in [-0.25, -0.2) is 0 Å². The fourth-order valence-corrected chi connectivity index (χ4v) is 9.43. The molecule has 0 amide bonds. The van der Waals surface area contributed by atoms with Crippen LogP contribution < -0.4 is 5.32 Å². The van der Waals surface area contributed by atoms with E-state index in [1.165, 1.54) is 72.2 Å². The predicted molar refractivity (Wildman–Crippen MR) is 234 cm³/mol. The number of aryl methyl sites for hydroxylation is 2. The second kappa shape index (κ2) is 13.6. The zero-order chi connectivity index (χ0) is 37.0. The van der Waals surface area contributed by atoms with Gasteiger partial charge in [0.15, 0.2) is 0 Å². The van der Waals surface area contributed by atoms with Gasteiger partial charge in [-0.1, -0.05) is 146 Å². The molecule has 0 saturated carbocycles. The molecule has 0 bridgehead atoms. The Bertz CT molecular complexity index is 2870. The molecule has 0 radical (unpaired) electrons. The number of dihydropyridines is 1. The van der Waals surface area contributed by atoms with E-state index >= 15 is 0 Å². The third-order valence-electron chi connectivity index (χ3n) is 12.1. The zero-order valence-corrected chi connectivity index (χ0v) is 31.3. The smallest absolute Gasteiger partial charge is 0.142 e. The van der Waals surface area contributed by atoms with Crippen molar-refractivity contribution in [2.24, 2.45) is 5.92 Å². The van der Waals surface area contributed by atoms with Gasteiger partial charge in [-0.05, 0) is 83.9 Å². The van der Waals surface area contributed by atoms with Crippen molar-refractivity contribution < 1.29 is 4.42 Å². The number of nitrogens with one attached hydrogen (secondary N) is 1. The molecule has 3 heterocycles. The van der Waals surface area contributed by atoms with Gasteiger partial charge >= 0.3 is 0 Å². The molecule has 4 aliphatic rings. The number of nitrogens with zero attached hydrogens (tertiary/aromatic N) is 1. The molecule has 7 aromatic rings. The molecule has 3 heteroatoms. The number of allylic oxidation sites excluding steroid dienone is 7. The first-order valence-corrected chi connectivity index (χ1v) is 20.1. The standard InChI is InChI=1S/C53H42N2O/c1-3-16-35(17-4-1)38-33-47(36-18-5-2-6-19-36)54-48(34-38)40-21-8-7-20-39(40)37-30-31-51-46(32-37)42-23-10-13-28-50(42)55(51)49-27-12-9-22-41(49)44-25-15-26-45-43-24-11-14-29-52(43)56-53(44)45/h1-9,11-13,15-18,20-22,24-28,30-34,36,47,54H,10,14,19,23,29H2. The lowest BCUT2D eigenvalue weighted by molar-refractivity contribution is 0.529. The Kier molecular flexibility index (Phi) is 7.98. The molecular weight excluding hydrogens is 681 g/mol. The first-order valence-electron chi connectivity index (χ1n) is 20.1. The van der Waals surface area contributed by atoms with Gasteiger partial charge in [0.1, 0.15) is 11.3 Å². The van der Waals surface area contributed by atoms with Crippen LogP contribution in [0.4, 0.5) is 0 Å². The summed E-state index contributed by atoms with van der Waals surface area (Å²) >= 11 is 0. The fraction of sp³-hybridized carbons (Fsp3) is 0.132. The summed E-state index contributed by atoms with van der Waals surface area (Å²) in [5.74, 6) is 1.48. The topological polar surface area (TPSA) is 30.1 Å². The number of hydrogen-bond donors (Lipinski definition) is 1. The average Bonchev–Trinajstić information content (AvgIpc) is 3.82. The zero-order valence-electron chi connectivity index (χ0n) is 31.3. The average molecular weight is 723 g/mol. The van der Waals surface area contributed by atoms with E-state index in [-0.39, 0.29) is 6.04 Å². The highest BCUT2D eigenvalue weighted by Crippen LogP contribution is 2.43. The largest absolute Gasteiger partial charge is 0.460 e. The van der Waals surface area contributed by atoms with Crippen molar-refractivity contribution >= 4 is 45.3 Å². The Labute approximate surface area is 328 Å². The summed E-state index contributed by atoms with van der Waals surface area (Å²) in [6, 6.07) is 42.5. The third kappa shape index (κ3) is 5.49. The maximum absolute atomic E-state index is 6.65. The molecule has 1 aliphatic heterocycles. The Balaban J connectivity index is 1.04. The van der Waals surface area contributed by atoms with Gasteiger partial charge in [0.2, 0.25) is 0 Å². The predicted octanol–water partition coefficient (Wildman–Crippen LogP) is 13.2. The van der Waals surface area contributed by atoms with Crippen LogP contribution in [0.25, 0.3) is 73.2 Å². The maximum atomic E-state index is 6.65. The van der Waals surface area contributed by atoms with Crippen LogP contribution in [0, 0.1) is 5.92 Å². The molecule has 0 fully saturated rings. The van der Waals surface area contributed by atoms with Gasteiger partial charge in [0.05, 0.1) is 17.2 Å². The summed E-state index contributed by atoms with van der Waals surface area (Å²) in [7, 11) is 0. The SMILES string of the molecule is C1=CCC(C2C=C(c3ccccc3)C=C(c3ccccc3-c3ccc4c(c3)c3c(n4-c4ccccc4-c4cccc5c6c(oc45)CCC=C6)C=CCC3)N2)C=C1. The summed E-state index contributed by atoms with van der Waals surface area (Å²) < 4.78 is 9.15. The van der Waals surface area contributed by atoms with Crippen molar-refractivity contribution in [3.8, 4) is 27.9 Å². The van der Waals surface area contributed by atoms with Crippen molar-refractivity contribution in [3.05, 3.63) is 198 Å². The molecule has 1 N–H and O–H groups in total. The summed E-state index contributed by atoms with van der Waals surface area (Å²) in [5.41, 5.74) is 16.9. The van der Waals surface area contributed by atoms with E-state index in [2.05, 4.69) is 186 Å². The van der Waals surface area contributed by atoms with Gasteiger partial charge in [-0.3, -0.25) is 0 Å². The molecule has 3 nitrogen and oxygen atoms in total. The minimum absolute atomic E-state index is 0.184. The molecule has 5 aromatic carbocycles. The van der Waals surface area contributed by atoms with Gasteiger partial charge in [0.25, 0.3) is 0 Å². The van der Waals surface area contributed by atoms with Crippen molar-refractivity contribution in [2.45, 2.75) is 38.1 Å². The van der Waals surface area contributed by atoms with Crippen LogP contribution in [-0.2, 0) is 12.8 Å². The molecule has 0 spiro atoms. The molecule has 0 saturated heterocycles. The van der Waals surface area contributed by atoms with E-state index in [1.807, 2.05) is 0 Å². The van der Waals surface area contributed by atoms with Crippen LogP contribution in [-0.4, -0.2) is 10.6 Å². The van der Waals surface area contributed by atoms with Crippen molar-refractivity contribution in [2.75, 3.05) is 0 Å². The number of rotatable bonds is 6. The molecule has 2 aromatic heterocycles. The fourth-order valence-electron chi connectivity index (χ4n) is 9.43. The molecule has 56 heavy (non-hydrogen) atoms. The Morgan fingerprint density at radius 2 is 1.45 bits per heavy atom. The van der Waals surface area contributed by atoms with Crippen LogP contribution in [0.1, 0.15) is 53.0 Å². The second-order valence-electron chi connectivity index (χ2n) is 15.4. The monoisotopic (exact) mass is 722 g/mol. The molecule has 270 valence electrons. The quantitative estimate of drug-likeness (QED) is 0.185. The third-order valence-corrected chi connectivity index (χ3v) is 12.1. The van der Waals surface area contributed by atoms with Crippen molar-refractivity contribution in [3.63, 3.8) is 0 Å². The first-order chi connectivity index (χ1) is 27.8. The van der Waals surface area contributed by atoms with E-state index in [9.17, 15) is 0 Å². The molecule has 11 rings (SSSR count). The van der Waals surface area contributed by atoms with Crippen LogP contribution >= 0.6 is 0 Å². The highest BCUT2D eigenvalue weighted by Gasteiger charge is 2.26. The van der Waals surface area contributed by atoms with E-state index in [1.54, 1.807) is 0 Å². The summed E-state index contributed by atoms with van der Waals surface area (Å²) in [4.78, 5) is 0. The van der Waals surface area contributed by atoms with Gasteiger partial charge in [-0.2, -0.15) is 0 Å². The summed E-state index contributed by atoms with van der Waals surface area (Å²) in [5, 5.41) is 6.50. The maximum Gasteiger partial charge on any atom is 0.142 e. The van der Waals surface area contributed by atoms with Gasteiger partial charge in [-0.15, -0.1) is 0 Å². The van der Waals surface area contributed by atoms with E-state index in [0.717, 1.165) is 54.7 Å². The molecule has 2 atom stereocenters. The van der Waals surface area contributed by atoms with E-state index in [0.29, 0.717) is 5.92 Å². The van der Waals surface area contributed by atoms with Crippen molar-refractivity contribution in [1.29, 1.82) is 0 Å². The number of aromatic nitrogens is 1. The lowest BCUT2D eigenvalue weighted by atomic mass is 9.86. The second-order valence-corrected chi connectivity index (χ2v) is 15.4. The van der Waals surface area contributed by atoms with Crippen LogP contribution in [0.15, 0.2) is 168 Å². The van der Waals surface area contributed by atoms with Crippen molar-refractivity contribution in [1.82, 2.24) is 9.88 Å². The van der Waals surface area contributed by atoms with Gasteiger partial charge in [0, 0.05) is 56.8 Å². The minimum atomic E-state index is 0.184. The van der Waals surface area contributed by atoms with E-state index < -0.39 is 0 Å². The normalized spacial score (nSPS) is 18.4. The lowest BCUT2D eigenvalue weighted by Gasteiger charge is -2.31. The number of para-hydroxylation sites is 2. The van der Waals surface area contributed by atoms with Crippen LogP contribution in [0.2, 0.25) is 0 Å². The number of fused-ring (bicyclic) bond motifs is 6. The number of furan rings is 1. The van der Waals surface area contributed by atoms with Crippen LogP contribution in [0.5, 0.6) is 0 Å². The lowest BCUT2D eigenvalue weighted by Crippen LogP contribution is -2.35. The number of benzene rings is 5. The number of hydrogen-bond acceptors (Lipinski definition) is 2. The first kappa shape index (κ1) is 32.8. The van der Waals surface area contributed by atoms with E-state index in [4.69, 9.17) is 4.42 Å².